The van der Waals surface area contributed by atoms with Crippen molar-refractivity contribution in [1.82, 2.24) is 0 Å². The average molecular weight is 288 g/mol. The number of halogens is 3. The molecule has 1 fully saturated rings. The summed E-state index contributed by atoms with van der Waals surface area (Å²) in [7, 11) is -0.873. The standard InChI is InChI=1S/C13H16BF3O3/c1-2-3-18-6-9-7-19-14(20-8-9)10-4-11(15)13(17)12(16)5-10/h4-5,9H,2-3,6-8H2,1H3. The zero-order chi connectivity index (χ0) is 14.5. The maximum atomic E-state index is 13.1. The van der Waals surface area contributed by atoms with Crippen molar-refractivity contribution in [1.29, 1.82) is 0 Å². The molecule has 1 aromatic carbocycles. The van der Waals surface area contributed by atoms with Gasteiger partial charge >= 0.3 is 7.12 Å². The van der Waals surface area contributed by atoms with Gasteiger partial charge in [0.2, 0.25) is 0 Å². The molecule has 0 spiro atoms. The van der Waals surface area contributed by atoms with Crippen LogP contribution >= 0.6 is 0 Å². The van der Waals surface area contributed by atoms with E-state index >= 15 is 0 Å². The molecule has 110 valence electrons. The molecule has 7 heteroatoms. The van der Waals surface area contributed by atoms with Gasteiger partial charge in [0.25, 0.3) is 0 Å². The summed E-state index contributed by atoms with van der Waals surface area (Å²) in [6.07, 6.45) is 0.936. The van der Waals surface area contributed by atoms with Crippen LogP contribution < -0.4 is 5.46 Å². The van der Waals surface area contributed by atoms with Crippen molar-refractivity contribution in [3.63, 3.8) is 0 Å². The van der Waals surface area contributed by atoms with Crippen LogP contribution in [0, 0.1) is 23.4 Å². The Morgan fingerprint density at radius 1 is 1.20 bits per heavy atom. The van der Waals surface area contributed by atoms with Crippen LogP contribution in [0.2, 0.25) is 0 Å². The zero-order valence-corrected chi connectivity index (χ0v) is 11.2. The van der Waals surface area contributed by atoms with Crippen LogP contribution in [0.5, 0.6) is 0 Å². The second-order valence-corrected chi connectivity index (χ2v) is 4.74. The third-order valence-corrected chi connectivity index (χ3v) is 2.95. The molecule has 0 atom stereocenters. The lowest BCUT2D eigenvalue weighted by molar-refractivity contribution is 0.0192. The quantitative estimate of drug-likeness (QED) is 0.470. The maximum absolute atomic E-state index is 13.1. The van der Waals surface area contributed by atoms with E-state index in [1.165, 1.54) is 0 Å². The van der Waals surface area contributed by atoms with E-state index in [9.17, 15) is 13.2 Å². The Balaban J connectivity index is 1.90. The van der Waals surface area contributed by atoms with Gasteiger partial charge in [0, 0.05) is 25.7 Å². The minimum Gasteiger partial charge on any atom is -0.407 e. The molecule has 1 aromatic rings. The normalized spacial score (nSPS) is 16.7. The van der Waals surface area contributed by atoms with Gasteiger partial charge in [-0.25, -0.2) is 13.2 Å². The molecule has 1 aliphatic heterocycles. The Labute approximate surface area is 116 Å². The van der Waals surface area contributed by atoms with Gasteiger partial charge in [0.1, 0.15) is 0 Å². The van der Waals surface area contributed by atoms with Crippen molar-refractivity contribution in [2.45, 2.75) is 13.3 Å². The summed E-state index contributed by atoms with van der Waals surface area (Å²) in [6, 6.07) is 1.77. The number of rotatable bonds is 5. The molecule has 1 saturated heterocycles. The summed E-state index contributed by atoms with van der Waals surface area (Å²) < 4.78 is 55.3. The van der Waals surface area contributed by atoms with Gasteiger partial charge in [0.05, 0.1) is 6.61 Å². The average Bonchev–Trinajstić information content (AvgIpc) is 2.45. The molecular weight excluding hydrogens is 272 g/mol. The van der Waals surface area contributed by atoms with Crippen LogP contribution in [0.15, 0.2) is 12.1 Å². The van der Waals surface area contributed by atoms with Crippen molar-refractivity contribution in [3.05, 3.63) is 29.6 Å². The lowest BCUT2D eigenvalue weighted by atomic mass is 9.77. The Bertz CT molecular complexity index is 427. The van der Waals surface area contributed by atoms with Gasteiger partial charge in [-0.15, -0.1) is 0 Å². The van der Waals surface area contributed by atoms with E-state index in [1.54, 1.807) is 0 Å². The Morgan fingerprint density at radius 2 is 1.80 bits per heavy atom. The first kappa shape index (κ1) is 15.3. The SMILES string of the molecule is CCCOCC1COB(c2cc(F)c(F)c(F)c2)OC1. The molecule has 0 saturated carbocycles. The first-order valence-corrected chi connectivity index (χ1v) is 6.57. The Kier molecular flexibility index (Phi) is 5.45. The molecule has 3 nitrogen and oxygen atoms in total. The van der Waals surface area contributed by atoms with Crippen LogP contribution in [-0.4, -0.2) is 33.5 Å². The first-order valence-electron chi connectivity index (χ1n) is 6.57. The Morgan fingerprint density at radius 3 is 2.35 bits per heavy atom. The highest BCUT2D eigenvalue weighted by Gasteiger charge is 2.30. The highest BCUT2D eigenvalue weighted by molar-refractivity contribution is 6.61. The molecule has 0 radical (unpaired) electrons. The van der Waals surface area contributed by atoms with Gasteiger partial charge in [-0.05, 0) is 24.0 Å². The summed E-state index contributed by atoms with van der Waals surface area (Å²) in [5, 5.41) is 0. The number of ether oxygens (including phenoxy) is 1. The summed E-state index contributed by atoms with van der Waals surface area (Å²) in [6.45, 7) is 3.95. The molecule has 0 aromatic heterocycles. The topological polar surface area (TPSA) is 27.7 Å². The van der Waals surface area contributed by atoms with Crippen LogP contribution in [0.25, 0.3) is 0 Å². The van der Waals surface area contributed by atoms with Gasteiger partial charge in [-0.3, -0.25) is 0 Å². The summed E-state index contributed by atoms with van der Waals surface area (Å²) in [5.74, 6) is -3.90. The summed E-state index contributed by atoms with van der Waals surface area (Å²) >= 11 is 0. The van der Waals surface area contributed by atoms with E-state index in [1.807, 2.05) is 6.92 Å². The van der Waals surface area contributed by atoms with Crippen LogP contribution in [0.1, 0.15) is 13.3 Å². The Hall–Kier alpha value is -1.05. The molecule has 0 bridgehead atoms. The van der Waals surface area contributed by atoms with E-state index in [4.69, 9.17) is 14.0 Å². The van der Waals surface area contributed by atoms with Crippen molar-refractivity contribution in [2.75, 3.05) is 26.4 Å². The third-order valence-electron chi connectivity index (χ3n) is 2.95. The maximum Gasteiger partial charge on any atom is 0.494 e. The van der Waals surface area contributed by atoms with E-state index in [2.05, 4.69) is 0 Å². The van der Waals surface area contributed by atoms with Crippen LogP contribution in [0.3, 0.4) is 0 Å². The largest absolute Gasteiger partial charge is 0.494 e. The van der Waals surface area contributed by atoms with E-state index in [0.717, 1.165) is 18.6 Å². The highest BCUT2D eigenvalue weighted by atomic mass is 19.2. The van der Waals surface area contributed by atoms with Crippen molar-refractivity contribution >= 4 is 12.6 Å². The van der Waals surface area contributed by atoms with Crippen LogP contribution in [0.4, 0.5) is 13.2 Å². The lowest BCUT2D eigenvalue weighted by Crippen LogP contribution is -2.45. The zero-order valence-electron chi connectivity index (χ0n) is 11.2. The van der Waals surface area contributed by atoms with E-state index in [0.29, 0.717) is 26.4 Å². The minimum atomic E-state index is -1.49. The highest BCUT2D eigenvalue weighted by Crippen LogP contribution is 2.13. The molecular formula is C13H16BF3O3. The fourth-order valence-corrected chi connectivity index (χ4v) is 1.94. The van der Waals surface area contributed by atoms with Crippen molar-refractivity contribution in [3.8, 4) is 0 Å². The van der Waals surface area contributed by atoms with Gasteiger partial charge < -0.3 is 14.0 Å². The first-order chi connectivity index (χ1) is 9.61. The lowest BCUT2D eigenvalue weighted by Gasteiger charge is -2.27. The third kappa shape index (κ3) is 3.74. The number of hydrogen-bond donors (Lipinski definition) is 0. The molecule has 20 heavy (non-hydrogen) atoms. The van der Waals surface area contributed by atoms with Gasteiger partial charge in [0.15, 0.2) is 17.5 Å². The predicted molar refractivity (Wildman–Crippen MR) is 68.2 cm³/mol. The molecule has 0 aliphatic carbocycles. The molecule has 2 rings (SSSR count). The van der Waals surface area contributed by atoms with E-state index < -0.39 is 24.6 Å². The van der Waals surface area contributed by atoms with Gasteiger partial charge in [-0.2, -0.15) is 0 Å². The fourth-order valence-electron chi connectivity index (χ4n) is 1.94. The summed E-state index contributed by atoms with van der Waals surface area (Å²) in [4.78, 5) is 0. The van der Waals surface area contributed by atoms with Crippen LogP contribution in [-0.2, 0) is 14.0 Å². The predicted octanol–water partition coefficient (Wildman–Crippen LogP) is 1.89. The number of hydrogen-bond acceptors (Lipinski definition) is 3. The molecule has 1 aliphatic rings. The second-order valence-electron chi connectivity index (χ2n) is 4.74. The van der Waals surface area contributed by atoms with E-state index in [-0.39, 0.29) is 11.4 Å². The summed E-state index contributed by atoms with van der Waals surface area (Å²) in [5.41, 5.74) is 0.134. The minimum absolute atomic E-state index is 0.0907. The monoisotopic (exact) mass is 288 g/mol. The van der Waals surface area contributed by atoms with Crippen molar-refractivity contribution in [2.24, 2.45) is 5.92 Å². The molecule has 0 unspecified atom stereocenters. The second kappa shape index (κ2) is 7.10. The molecule has 0 amide bonds. The number of benzene rings is 1. The molecule has 1 heterocycles. The van der Waals surface area contributed by atoms with Gasteiger partial charge in [-0.1, -0.05) is 6.92 Å². The molecule has 0 N–H and O–H groups in total. The fraction of sp³-hybridized carbons (Fsp3) is 0.538. The smallest absolute Gasteiger partial charge is 0.407 e. The van der Waals surface area contributed by atoms with Crippen molar-refractivity contribution < 1.29 is 27.2 Å².